The molecule has 0 saturated heterocycles. The quantitative estimate of drug-likeness (QED) is 0.576. The van der Waals surface area contributed by atoms with Crippen molar-refractivity contribution in [2.75, 3.05) is 12.4 Å². The molecule has 8 heteroatoms. The number of aryl methyl sites for hydroxylation is 1. The number of anilines is 1. The number of rotatable bonds is 5. The van der Waals surface area contributed by atoms with Gasteiger partial charge in [-0.2, -0.15) is 0 Å². The number of ether oxygens (including phenoxy) is 1. The molecule has 0 saturated carbocycles. The van der Waals surface area contributed by atoms with Crippen LogP contribution in [0.4, 0.5) is 5.69 Å². The molecule has 0 aliphatic carbocycles. The summed E-state index contributed by atoms with van der Waals surface area (Å²) in [5.41, 5.74) is 1.93. The van der Waals surface area contributed by atoms with Gasteiger partial charge in [-0.15, -0.1) is 10.2 Å². The Hall–Kier alpha value is -3.68. The number of hydrogen-bond donors (Lipinski definition) is 1. The highest BCUT2D eigenvalue weighted by Gasteiger charge is 2.17. The van der Waals surface area contributed by atoms with Gasteiger partial charge < -0.3 is 10.1 Å². The average Bonchev–Trinajstić information content (AvgIpc) is 3.16. The first-order chi connectivity index (χ1) is 13.6. The van der Waals surface area contributed by atoms with Crippen LogP contribution in [0.25, 0.3) is 16.7 Å². The molecule has 2 aromatic carbocycles. The maximum absolute atomic E-state index is 13.0. The Morgan fingerprint density at radius 2 is 1.79 bits per heavy atom. The average molecular weight is 377 g/mol. The third-order valence-corrected chi connectivity index (χ3v) is 4.57. The predicted molar refractivity (Wildman–Crippen MR) is 106 cm³/mol. The Bertz CT molecular complexity index is 1220. The monoisotopic (exact) mass is 377 g/mol. The molecule has 0 bridgehead atoms. The minimum absolute atomic E-state index is 0.129. The largest absolute Gasteiger partial charge is 0.497 e. The maximum Gasteiger partial charge on any atom is 0.297 e. The van der Waals surface area contributed by atoms with Crippen LogP contribution in [0.5, 0.6) is 5.75 Å². The van der Waals surface area contributed by atoms with E-state index in [9.17, 15) is 9.59 Å². The second kappa shape index (κ2) is 7.15. The minimum atomic E-state index is -0.351. The molecule has 2 aromatic heterocycles. The molecule has 28 heavy (non-hydrogen) atoms. The summed E-state index contributed by atoms with van der Waals surface area (Å²) in [5.74, 6) is 1.10. The Kier molecular flexibility index (Phi) is 4.52. The van der Waals surface area contributed by atoms with E-state index in [-0.39, 0.29) is 23.7 Å². The van der Waals surface area contributed by atoms with Gasteiger partial charge in [-0.05, 0) is 36.4 Å². The van der Waals surface area contributed by atoms with E-state index in [4.69, 9.17) is 4.74 Å². The molecular weight excluding hydrogens is 358 g/mol. The lowest BCUT2D eigenvalue weighted by Crippen LogP contribution is -2.29. The molecule has 0 spiro atoms. The van der Waals surface area contributed by atoms with Crippen LogP contribution in [0, 0.1) is 0 Å². The van der Waals surface area contributed by atoms with Crippen LogP contribution in [0.15, 0.2) is 53.3 Å². The van der Waals surface area contributed by atoms with Crippen LogP contribution in [0.3, 0.4) is 0 Å². The number of carbonyl (C=O) groups is 1. The Balaban J connectivity index is 1.74. The number of hydrogen-bond acceptors (Lipinski definition) is 5. The first kappa shape index (κ1) is 17.7. The lowest BCUT2D eigenvalue weighted by Gasteiger charge is -2.12. The van der Waals surface area contributed by atoms with E-state index in [1.165, 1.54) is 4.57 Å². The van der Waals surface area contributed by atoms with Crippen LogP contribution in [-0.2, 0) is 17.8 Å². The van der Waals surface area contributed by atoms with Gasteiger partial charge in [-0.1, -0.05) is 19.1 Å². The third-order valence-electron chi connectivity index (χ3n) is 4.57. The Labute approximate surface area is 160 Å². The van der Waals surface area contributed by atoms with Gasteiger partial charge >= 0.3 is 0 Å². The highest BCUT2D eigenvalue weighted by molar-refractivity contribution is 5.91. The van der Waals surface area contributed by atoms with Crippen molar-refractivity contribution in [2.45, 2.75) is 19.9 Å². The first-order valence-corrected chi connectivity index (χ1v) is 8.92. The van der Waals surface area contributed by atoms with Crippen molar-refractivity contribution < 1.29 is 9.53 Å². The zero-order chi connectivity index (χ0) is 19.7. The van der Waals surface area contributed by atoms with Crippen molar-refractivity contribution >= 4 is 28.3 Å². The summed E-state index contributed by atoms with van der Waals surface area (Å²) in [6.45, 7) is 1.83. The number of aromatic nitrogens is 4. The summed E-state index contributed by atoms with van der Waals surface area (Å²) in [6.07, 6.45) is 0.645. The fourth-order valence-electron chi connectivity index (χ4n) is 3.22. The number of nitrogens with one attached hydrogen (secondary N) is 1. The summed E-state index contributed by atoms with van der Waals surface area (Å²) in [5, 5.41) is 11.0. The summed E-state index contributed by atoms with van der Waals surface area (Å²) in [7, 11) is 1.58. The molecule has 0 unspecified atom stereocenters. The first-order valence-electron chi connectivity index (χ1n) is 8.92. The van der Waals surface area contributed by atoms with Gasteiger partial charge in [0.2, 0.25) is 11.6 Å². The second-order valence-corrected chi connectivity index (χ2v) is 6.29. The number of para-hydroxylation sites is 2. The van der Waals surface area contributed by atoms with Crippen LogP contribution < -0.4 is 15.6 Å². The van der Waals surface area contributed by atoms with Gasteiger partial charge in [0.25, 0.3) is 5.56 Å². The van der Waals surface area contributed by atoms with Crippen molar-refractivity contribution in [3.63, 3.8) is 0 Å². The van der Waals surface area contributed by atoms with Crippen LogP contribution in [-0.4, -0.2) is 32.2 Å². The van der Waals surface area contributed by atoms with Crippen molar-refractivity contribution in [1.29, 1.82) is 0 Å². The molecule has 4 aromatic rings. The van der Waals surface area contributed by atoms with E-state index >= 15 is 0 Å². The van der Waals surface area contributed by atoms with E-state index in [0.29, 0.717) is 29.2 Å². The van der Waals surface area contributed by atoms with E-state index in [0.717, 1.165) is 5.52 Å². The van der Waals surface area contributed by atoms with E-state index in [2.05, 4.69) is 15.5 Å². The molecule has 142 valence electrons. The number of nitrogens with zero attached hydrogens (tertiary/aromatic N) is 4. The summed E-state index contributed by atoms with van der Waals surface area (Å²) in [4.78, 5) is 25.6. The lowest BCUT2D eigenvalue weighted by molar-refractivity contribution is -0.116. The Morgan fingerprint density at radius 3 is 2.46 bits per heavy atom. The zero-order valence-electron chi connectivity index (χ0n) is 15.5. The third kappa shape index (κ3) is 2.98. The standard InChI is InChI=1S/C20H19N5O3/c1-3-17-22-23-19-20(27)24(15-6-4-5-7-16(15)25(17)19)12-18(26)21-13-8-10-14(28-2)11-9-13/h4-11H,3,12H2,1-2H3,(H,21,26). The number of carbonyl (C=O) groups excluding carboxylic acids is 1. The highest BCUT2D eigenvalue weighted by atomic mass is 16.5. The van der Waals surface area contributed by atoms with Crippen molar-refractivity contribution in [3.8, 4) is 5.75 Å². The van der Waals surface area contributed by atoms with Crippen molar-refractivity contribution in [3.05, 3.63) is 64.7 Å². The van der Waals surface area contributed by atoms with Gasteiger partial charge in [-0.3, -0.25) is 18.6 Å². The highest BCUT2D eigenvalue weighted by Crippen LogP contribution is 2.17. The van der Waals surface area contributed by atoms with Crippen LogP contribution >= 0.6 is 0 Å². The Morgan fingerprint density at radius 1 is 1.07 bits per heavy atom. The molecule has 4 rings (SSSR count). The van der Waals surface area contributed by atoms with Crippen molar-refractivity contribution in [1.82, 2.24) is 19.2 Å². The van der Waals surface area contributed by atoms with E-state index in [1.54, 1.807) is 35.8 Å². The maximum atomic E-state index is 13.0. The zero-order valence-corrected chi connectivity index (χ0v) is 15.5. The van der Waals surface area contributed by atoms with Crippen LogP contribution in [0.2, 0.25) is 0 Å². The fourth-order valence-corrected chi connectivity index (χ4v) is 3.22. The van der Waals surface area contributed by atoms with E-state index in [1.807, 2.05) is 31.2 Å². The fraction of sp³-hybridized carbons (Fsp3) is 0.200. The molecular formula is C20H19N5O3. The van der Waals surface area contributed by atoms with Crippen molar-refractivity contribution in [2.24, 2.45) is 0 Å². The number of fused-ring (bicyclic) bond motifs is 3. The molecule has 0 fully saturated rings. The van der Waals surface area contributed by atoms with Gasteiger partial charge in [0.1, 0.15) is 18.1 Å². The number of benzene rings is 2. The topological polar surface area (TPSA) is 90.5 Å². The SMILES string of the molecule is CCc1nnc2c(=O)n(CC(=O)Nc3ccc(OC)cc3)c3ccccc3n12. The molecule has 8 nitrogen and oxygen atoms in total. The summed E-state index contributed by atoms with van der Waals surface area (Å²) in [6, 6.07) is 14.4. The summed E-state index contributed by atoms with van der Waals surface area (Å²) >= 11 is 0. The molecule has 2 heterocycles. The van der Waals surface area contributed by atoms with Crippen LogP contribution in [0.1, 0.15) is 12.7 Å². The molecule has 1 amide bonds. The summed E-state index contributed by atoms with van der Waals surface area (Å²) < 4.78 is 8.30. The lowest BCUT2D eigenvalue weighted by atomic mass is 10.2. The van der Waals surface area contributed by atoms with Gasteiger partial charge in [0.15, 0.2) is 0 Å². The van der Waals surface area contributed by atoms with Gasteiger partial charge in [-0.25, -0.2) is 0 Å². The minimum Gasteiger partial charge on any atom is -0.497 e. The number of methoxy groups -OCH3 is 1. The van der Waals surface area contributed by atoms with E-state index < -0.39 is 0 Å². The van der Waals surface area contributed by atoms with Gasteiger partial charge in [0.05, 0.1) is 18.1 Å². The molecule has 1 N–H and O–H groups in total. The van der Waals surface area contributed by atoms with Gasteiger partial charge in [0, 0.05) is 12.1 Å². The smallest absolute Gasteiger partial charge is 0.297 e. The molecule has 0 radical (unpaired) electrons. The molecule has 0 atom stereocenters. The molecule has 0 aliphatic heterocycles. The predicted octanol–water partition coefficient (Wildman–Crippen LogP) is 2.25. The normalized spacial score (nSPS) is 11.1. The second-order valence-electron chi connectivity index (χ2n) is 6.29. The molecule has 0 aliphatic rings. The number of amides is 1.